The van der Waals surface area contributed by atoms with E-state index in [0.717, 1.165) is 21.9 Å². The van der Waals surface area contributed by atoms with Crippen LogP contribution in [0.3, 0.4) is 0 Å². The van der Waals surface area contributed by atoms with Crippen LogP contribution in [0.2, 0.25) is 0 Å². The van der Waals surface area contributed by atoms with Crippen molar-refractivity contribution in [3.05, 3.63) is 34.7 Å². The lowest BCUT2D eigenvalue weighted by Crippen LogP contribution is -2.01. The molecule has 5 nitrogen and oxygen atoms in total. The lowest BCUT2D eigenvalue weighted by atomic mass is 10.2. The predicted octanol–water partition coefficient (Wildman–Crippen LogP) is 4.09. The summed E-state index contributed by atoms with van der Waals surface area (Å²) in [7, 11) is 0. The Balaban J connectivity index is 2.25. The number of aryl methyl sites for hydroxylation is 1. The minimum atomic E-state index is 0.585. The maximum absolute atomic E-state index is 5.61. The number of ether oxygens (including phenoxy) is 2. The lowest BCUT2D eigenvalue weighted by molar-refractivity contribution is 0.288. The Morgan fingerprint density at radius 3 is 2.43 bits per heavy atom. The Labute approximate surface area is 132 Å². The molecule has 0 fully saturated rings. The molecule has 2 aromatic rings. The van der Waals surface area contributed by atoms with E-state index >= 15 is 0 Å². The second-order valence-corrected chi connectivity index (χ2v) is 5.09. The summed E-state index contributed by atoms with van der Waals surface area (Å²) in [6.45, 7) is 6.93. The Morgan fingerprint density at radius 1 is 1.05 bits per heavy atom. The highest BCUT2D eigenvalue weighted by atomic mass is 79.9. The lowest BCUT2D eigenvalue weighted by Gasteiger charge is -2.13. The first-order valence-corrected chi connectivity index (χ1v) is 7.59. The van der Waals surface area contributed by atoms with Gasteiger partial charge in [0.25, 0.3) is 0 Å². The van der Waals surface area contributed by atoms with Gasteiger partial charge in [-0.3, -0.25) is 0 Å². The molecule has 21 heavy (non-hydrogen) atoms. The summed E-state index contributed by atoms with van der Waals surface area (Å²) >= 11 is 3.36. The molecule has 0 saturated carbocycles. The van der Waals surface area contributed by atoms with Gasteiger partial charge in [-0.1, -0.05) is 0 Å². The summed E-state index contributed by atoms with van der Waals surface area (Å²) in [5.74, 6) is 2.88. The van der Waals surface area contributed by atoms with Gasteiger partial charge in [0, 0.05) is 17.8 Å². The zero-order valence-electron chi connectivity index (χ0n) is 12.3. The molecule has 0 radical (unpaired) electrons. The van der Waals surface area contributed by atoms with E-state index < -0.39 is 0 Å². The molecule has 0 amide bonds. The van der Waals surface area contributed by atoms with Gasteiger partial charge in [0.1, 0.15) is 16.2 Å². The Kier molecular flexibility index (Phi) is 5.38. The third-order valence-corrected chi connectivity index (χ3v) is 3.03. The fourth-order valence-electron chi connectivity index (χ4n) is 1.87. The van der Waals surface area contributed by atoms with Crippen molar-refractivity contribution >= 4 is 27.4 Å². The summed E-state index contributed by atoms with van der Waals surface area (Å²) in [5, 5.41) is 3.24. The number of hydrogen-bond donors (Lipinski definition) is 1. The van der Waals surface area contributed by atoms with Gasteiger partial charge >= 0.3 is 0 Å². The van der Waals surface area contributed by atoms with E-state index in [2.05, 4.69) is 31.2 Å². The van der Waals surface area contributed by atoms with E-state index in [1.165, 1.54) is 0 Å². The molecule has 0 atom stereocenters. The molecule has 0 aliphatic rings. The average Bonchev–Trinajstić information content (AvgIpc) is 2.41. The van der Waals surface area contributed by atoms with E-state index in [4.69, 9.17) is 9.47 Å². The minimum Gasteiger partial charge on any atom is -0.490 e. The number of aromatic nitrogens is 2. The molecule has 0 unspecified atom stereocenters. The first-order chi connectivity index (χ1) is 10.1. The smallest absolute Gasteiger partial charge is 0.163 e. The van der Waals surface area contributed by atoms with Crippen LogP contribution in [0.15, 0.2) is 28.9 Å². The van der Waals surface area contributed by atoms with Crippen LogP contribution in [0.25, 0.3) is 0 Å². The van der Waals surface area contributed by atoms with Crippen molar-refractivity contribution in [2.75, 3.05) is 18.5 Å². The molecule has 0 saturated heterocycles. The maximum atomic E-state index is 5.61. The van der Waals surface area contributed by atoms with Crippen molar-refractivity contribution in [1.29, 1.82) is 0 Å². The molecule has 112 valence electrons. The summed E-state index contributed by atoms with van der Waals surface area (Å²) in [4.78, 5) is 8.52. The molecule has 0 spiro atoms. The molecular weight excluding hydrogens is 334 g/mol. The molecule has 0 aliphatic carbocycles. The van der Waals surface area contributed by atoms with Crippen LogP contribution in [-0.2, 0) is 0 Å². The van der Waals surface area contributed by atoms with Gasteiger partial charge in [0.2, 0.25) is 0 Å². The number of halogens is 1. The molecule has 2 rings (SSSR count). The van der Waals surface area contributed by atoms with Gasteiger partial charge in [-0.2, -0.15) is 0 Å². The Morgan fingerprint density at radius 2 is 1.76 bits per heavy atom. The number of anilines is 2. The second-order valence-electron chi connectivity index (χ2n) is 4.28. The van der Waals surface area contributed by atoms with Crippen molar-refractivity contribution < 1.29 is 9.47 Å². The Hall–Kier alpha value is -1.82. The van der Waals surface area contributed by atoms with Gasteiger partial charge in [-0.05, 0) is 48.8 Å². The van der Waals surface area contributed by atoms with Crippen molar-refractivity contribution in [3.8, 4) is 11.5 Å². The topological polar surface area (TPSA) is 56.3 Å². The van der Waals surface area contributed by atoms with Crippen LogP contribution >= 0.6 is 15.9 Å². The highest BCUT2D eigenvalue weighted by Crippen LogP contribution is 2.31. The zero-order valence-corrected chi connectivity index (χ0v) is 13.9. The van der Waals surface area contributed by atoms with E-state index in [-0.39, 0.29) is 0 Å². The van der Waals surface area contributed by atoms with E-state index in [1.807, 2.05) is 45.0 Å². The third kappa shape index (κ3) is 4.32. The molecule has 0 aliphatic heterocycles. The number of rotatable bonds is 6. The van der Waals surface area contributed by atoms with Crippen LogP contribution in [0, 0.1) is 6.92 Å². The standard InChI is InChI=1S/C15H18BrN3O2/c1-4-20-12-7-6-11(8-13(12)21-5-2)19-15-9-14(16)17-10(3)18-15/h6-9H,4-5H2,1-3H3,(H,17,18,19). The van der Waals surface area contributed by atoms with E-state index in [0.29, 0.717) is 24.8 Å². The second kappa shape index (κ2) is 7.26. The molecule has 6 heteroatoms. The molecular formula is C15H18BrN3O2. The Bertz CT molecular complexity index is 600. The molecule has 1 heterocycles. The summed E-state index contributed by atoms with van der Waals surface area (Å²) in [6.07, 6.45) is 0. The van der Waals surface area contributed by atoms with Crippen LogP contribution in [-0.4, -0.2) is 23.2 Å². The highest BCUT2D eigenvalue weighted by molar-refractivity contribution is 9.10. The van der Waals surface area contributed by atoms with Crippen molar-refractivity contribution in [2.45, 2.75) is 20.8 Å². The number of nitrogens with zero attached hydrogens (tertiary/aromatic N) is 2. The van der Waals surface area contributed by atoms with Crippen LogP contribution < -0.4 is 14.8 Å². The number of benzene rings is 1. The van der Waals surface area contributed by atoms with Crippen molar-refractivity contribution in [3.63, 3.8) is 0 Å². The largest absolute Gasteiger partial charge is 0.490 e. The van der Waals surface area contributed by atoms with Crippen LogP contribution in [0.5, 0.6) is 11.5 Å². The van der Waals surface area contributed by atoms with E-state index in [9.17, 15) is 0 Å². The van der Waals surface area contributed by atoms with Gasteiger partial charge in [0.15, 0.2) is 11.5 Å². The van der Waals surface area contributed by atoms with Gasteiger partial charge in [-0.25, -0.2) is 9.97 Å². The molecule has 1 aromatic carbocycles. The fraction of sp³-hybridized carbons (Fsp3) is 0.333. The van der Waals surface area contributed by atoms with Gasteiger partial charge in [-0.15, -0.1) is 0 Å². The normalized spacial score (nSPS) is 10.3. The zero-order chi connectivity index (χ0) is 15.2. The van der Waals surface area contributed by atoms with Gasteiger partial charge < -0.3 is 14.8 Å². The predicted molar refractivity (Wildman–Crippen MR) is 86.5 cm³/mol. The fourth-order valence-corrected chi connectivity index (χ4v) is 2.35. The number of nitrogens with one attached hydrogen (secondary N) is 1. The molecule has 0 bridgehead atoms. The highest BCUT2D eigenvalue weighted by Gasteiger charge is 2.07. The first kappa shape index (κ1) is 15.6. The summed E-state index contributed by atoms with van der Waals surface area (Å²) < 4.78 is 11.9. The summed E-state index contributed by atoms with van der Waals surface area (Å²) in [6, 6.07) is 7.54. The van der Waals surface area contributed by atoms with Crippen molar-refractivity contribution in [1.82, 2.24) is 9.97 Å². The van der Waals surface area contributed by atoms with E-state index in [1.54, 1.807) is 0 Å². The first-order valence-electron chi connectivity index (χ1n) is 6.80. The van der Waals surface area contributed by atoms with Crippen LogP contribution in [0.1, 0.15) is 19.7 Å². The number of hydrogen-bond acceptors (Lipinski definition) is 5. The van der Waals surface area contributed by atoms with Crippen molar-refractivity contribution in [2.24, 2.45) is 0 Å². The molecule has 1 aromatic heterocycles. The minimum absolute atomic E-state index is 0.585. The summed E-state index contributed by atoms with van der Waals surface area (Å²) in [5.41, 5.74) is 0.881. The maximum Gasteiger partial charge on any atom is 0.163 e. The van der Waals surface area contributed by atoms with Gasteiger partial charge in [0.05, 0.1) is 13.2 Å². The molecule has 1 N–H and O–H groups in total. The third-order valence-electron chi connectivity index (χ3n) is 2.62. The quantitative estimate of drug-likeness (QED) is 0.794. The monoisotopic (exact) mass is 351 g/mol. The van der Waals surface area contributed by atoms with Crippen LogP contribution in [0.4, 0.5) is 11.5 Å². The average molecular weight is 352 g/mol. The SMILES string of the molecule is CCOc1ccc(Nc2cc(Br)nc(C)n2)cc1OCC.